The molecule has 0 saturated carbocycles. The van der Waals surface area contributed by atoms with Gasteiger partial charge in [-0.05, 0) is 61.7 Å². The summed E-state index contributed by atoms with van der Waals surface area (Å²) >= 11 is 0. The third-order valence-electron chi connectivity index (χ3n) is 6.25. The van der Waals surface area contributed by atoms with Crippen molar-refractivity contribution in [1.29, 1.82) is 0 Å². The fraction of sp³-hybridized carbons (Fsp3) is 0.520. The molecule has 0 bridgehead atoms. The maximum atomic E-state index is 13.4. The number of nitrogens with zero attached hydrogens (tertiary/aromatic N) is 1. The Hall–Kier alpha value is -2.27. The second kappa shape index (κ2) is 10.2. The van der Waals surface area contributed by atoms with Gasteiger partial charge in [-0.1, -0.05) is 38.3 Å². The van der Waals surface area contributed by atoms with Gasteiger partial charge < -0.3 is 19.1 Å². The van der Waals surface area contributed by atoms with E-state index < -0.39 is 0 Å². The van der Waals surface area contributed by atoms with Crippen molar-refractivity contribution in [3.05, 3.63) is 53.8 Å². The van der Waals surface area contributed by atoms with E-state index in [0.29, 0.717) is 18.4 Å². The van der Waals surface area contributed by atoms with Crippen LogP contribution in [0.25, 0.3) is 0 Å². The van der Waals surface area contributed by atoms with E-state index in [2.05, 4.69) is 11.8 Å². The Labute approximate surface area is 178 Å². The van der Waals surface area contributed by atoms with Crippen molar-refractivity contribution in [2.45, 2.75) is 44.9 Å². The number of hydrogen-bond acceptors (Lipinski definition) is 4. The smallest absolute Gasteiger partial charge is 0.231 e. The van der Waals surface area contributed by atoms with Crippen LogP contribution < -0.4 is 14.2 Å². The first kappa shape index (κ1) is 21.0. The molecule has 0 spiro atoms. The van der Waals surface area contributed by atoms with Gasteiger partial charge >= 0.3 is 0 Å². The minimum Gasteiger partial charge on any atom is -0.493 e. The van der Waals surface area contributed by atoms with Gasteiger partial charge in [0.25, 0.3) is 0 Å². The van der Waals surface area contributed by atoms with Crippen LogP contribution in [0.4, 0.5) is 4.39 Å². The molecular weight excluding hydrogens is 381 g/mol. The predicted molar refractivity (Wildman–Crippen MR) is 116 cm³/mol. The first-order valence-electron chi connectivity index (χ1n) is 11.2. The van der Waals surface area contributed by atoms with Gasteiger partial charge in [-0.3, -0.25) is 0 Å². The summed E-state index contributed by atoms with van der Waals surface area (Å²) in [7, 11) is 0. The van der Waals surface area contributed by atoms with E-state index in [1.807, 2.05) is 30.3 Å². The van der Waals surface area contributed by atoms with Crippen LogP contribution in [0.2, 0.25) is 0 Å². The number of rotatable bonds is 9. The van der Waals surface area contributed by atoms with Gasteiger partial charge in [-0.2, -0.15) is 0 Å². The van der Waals surface area contributed by atoms with Crippen molar-refractivity contribution >= 4 is 0 Å². The largest absolute Gasteiger partial charge is 0.493 e. The average Bonchev–Trinajstić information content (AvgIpc) is 3.24. The Morgan fingerprint density at radius 3 is 2.70 bits per heavy atom. The molecule has 162 valence electrons. The fourth-order valence-electron chi connectivity index (χ4n) is 4.56. The van der Waals surface area contributed by atoms with Gasteiger partial charge in [0.05, 0.1) is 6.61 Å². The average molecular weight is 414 g/mol. The Kier molecular flexibility index (Phi) is 7.11. The Morgan fingerprint density at radius 1 is 1.03 bits per heavy atom. The number of ether oxygens (including phenoxy) is 3. The molecule has 2 aromatic rings. The molecule has 2 heterocycles. The summed E-state index contributed by atoms with van der Waals surface area (Å²) < 4.78 is 30.5. The number of unbranched alkanes of at least 4 members (excludes halogenated alkanes) is 3. The molecule has 0 N–H and O–H groups in total. The molecule has 0 amide bonds. The van der Waals surface area contributed by atoms with E-state index in [4.69, 9.17) is 14.2 Å². The van der Waals surface area contributed by atoms with Crippen LogP contribution >= 0.6 is 0 Å². The lowest BCUT2D eigenvalue weighted by Crippen LogP contribution is -2.42. The summed E-state index contributed by atoms with van der Waals surface area (Å²) in [5.41, 5.74) is 1.21. The first-order chi connectivity index (χ1) is 14.7. The molecule has 2 aliphatic rings. The summed E-state index contributed by atoms with van der Waals surface area (Å²) in [6.45, 7) is 6.40. The molecule has 2 atom stereocenters. The molecule has 0 unspecified atom stereocenters. The summed E-state index contributed by atoms with van der Waals surface area (Å²) in [6.07, 6.45) is 6.20. The SMILES string of the molecule is CCCCCCN1CC[C@H](c2ccc(F)cc2)[C@@H](COc2ccc3c(c2)OCO3)C1. The zero-order chi connectivity index (χ0) is 20.8. The predicted octanol–water partition coefficient (Wildman–Crippen LogP) is 5.62. The summed E-state index contributed by atoms with van der Waals surface area (Å²) in [6, 6.07) is 12.8. The van der Waals surface area contributed by atoms with E-state index in [0.717, 1.165) is 43.3 Å². The molecule has 4 nitrogen and oxygen atoms in total. The number of hydrogen-bond donors (Lipinski definition) is 0. The minimum atomic E-state index is -0.180. The Balaban J connectivity index is 1.41. The molecule has 4 rings (SSSR count). The first-order valence-corrected chi connectivity index (χ1v) is 11.2. The third kappa shape index (κ3) is 5.25. The van der Waals surface area contributed by atoms with Crippen molar-refractivity contribution < 1.29 is 18.6 Å². The molecule has 2 aliphatic heterocycles. The van der Waals surface area contributed by atoms with E-state index in [9.17, 15) is 4.39 Å². The van der Waals surface area contributed by atoms with Crippen LogP contribution in [0.3, 0.4) is 0 Å². The minimum absolute atomic E-state index is 0.180. The number of piperidine rings is 1. The second-order valence-electron chi connectivity index (χ2n) is 8.39. The van der Waals surface area contributed by atoms with Gasteiger partial charge in [0.1, 0.15) is 11.6 Å². The van der Waals surface area contributed by atoms with Crippen molar-refractivity contribution in [2.24, 2.45) is 5.92 Å². The van der Waals surface area contributed by atoms with Crippen molar-refractivity contribution in [1.82, 2.24) is 4.90 Å². The van der Waals surface area contributed by atoms with E-state index in [-0.39, 0.29) is 12.6 Å². The summed E-state index contributed by atoms with van der Waals surface area (Å²) in [5.74, 6) is 2.87. The topological polar surface area (TPSA) is 30.9 Å². The monoisotopic (exact) mass is 413 g/mol. The molecule has 0 radical (unpaired) electrons. The highest BCUT2D eigenvalue weighted by Crippen LogP contribution is 2.37. The Bertz CT molecular complexity index is 811. The molecule has 0 aliphatic carbocycles. The lowest BCUT2D eigenvalue weighted by atomic mass is 9.80. The van der Waals surface area contributed by atoms with Crippen LogP contribution in [0, 0.1) is 11.7 Å². The van der Waals surface area contributed by atoms with Crippen molar-refractivity contribution in [3.63, 3.8) is 0 Å². The quantitative estimate of drug-likeness (QED) is 0.499. The molecule has 0 aromatic heterocycles. The maximum Gasteiger partial charge on any atom is 0.231 e. The van der Waals surface area contributed by atoms with Crippen LogP contribution in [0.5, 0.6) is 17.2 Å². The lowest BCUT2D eigenvalue weighted by Gasteiger charge is -2.39. The summed E-state index contributed by atoms with van der Waals surface area (Å²) in [4.78, 5) is 2.57. The number of benzene rings is 2. The molecule has 1 saturated heterocycles. The van der Waals surface area contributed by atoms with E-state index >= 15 is 0 Å². The van der Waals surface area contributed by atoms with Crippen molar-refractivity contribution in [3.8, 4) is 17.2 Å². The van der Waals surface area contributed by atoms with Gasteiger partial charge in [0.2, 0.25) is 6.79 Å². The summed E-state index contributed by atoms with van der Waals surface area (Å²) in [5, 5.41) is 0. The third-order valence-corrected chi connectivity index (χ3v) is 6.25. The highest BCUT2D eigenvalue weighted by molar-refractivity contribution is 5.46. The van der Waals surface area contributed by atoms with Gasteiger partial charge in [0, 0.05) is 18.5 Å². The van der Waals surface area contributed by atoms with Gasteiger partial charge in [0.15, 0.2) is 11.5 Å². The van der Waals surface area contributed by atoms with E-state index in [1.165, 1.54) is 31.2 Å². The van der Waals surface area contributed by atoms with E-state index in [1.54, 1.807) is 12.1 Å². The number of halogens is 1. The molecule has 5 heteroatoms. The van der Waals surface area contributed by atoms with Crippen LogP contribution in [0.1, 0.15) is 50.5 Å². The number of likely N-dealkylation sites (tertiary alicyclic amines) is 1. The highest BCUT2D eigenvalue weighted by Gasteiger charge is 2.31. The standard InChI is InChI=1S/C25H32FNO3/c1-2-3-4-5-13-27-14-12-23(19-6-8-21(26)9-7-19)20(16-27)17-28-22-10-11-24-25(15-22)30-18-29-24/h6-11,15,20,23H,2-5,12-14,16-18H2,1H3/t20-,23-/m1/s1. The maximum absolute atomic E-state index is 13.4. The normalized spacial score (nSPS) is 21.0. The second-order valence-corrected chi connectivity index (χ2v) is 8.39. The van der Waals surface area contributed by atoms with Crippen LogP contribution in [-0.2, 0) is 0 Å². The van der Waals surface area contributed by atoms with Gasteiger partial charge in [-0.25, -0.2) is 4.39 Å². The zero-order valence-electron chi connectivity index (χ0n) is 17.8. The Morgan fingerprint density at radius 2 is 1.87 bits per heavy atom. The van der Waals surface area contributed by atoms with Gasteiger partial charge in [-0.15, -0.1) is 0 Å². The lowest BCUT2D eigenvalue weighted by molar-refractivity contribution is 0.109. The molecule has 2 aromatic carbocycles. The fourth-order valence-corrected chi connectivity index (χ4v) is 4.56. The van der Waals surface area contributed by atoms with Crippen LogP contribution in [0.15, 0.2) is 42.5 Å². The molecule has 1 fully saturated rings. The zero-order valence-corrected chi connectivity index (χ0v) is 17.8. The highest BCUT2D eigenvalue weighted by atomic mass is 19.1. The van der Waals surface area contributed by atoms with Crippen LogP contribution in [-0.4, -0.2) is 37.9 Å². The van der Waals surface area contributed by atoms with Crippen molar-refractivity contribution in [2.75, 3.05) is 33.0 Å². The molecule has 30 heavy (non-hydrogen) atoms. The molecular formula is C25H32FNO3. The number of fused-ring (bicyclic) bond motifs is 1.